The fourth-order valence-corrected chi connectivity index (χ4v) is 4.42. The van der Waals surface area contributed by atoms with E-state index in [1.165, 1.54) is 29.5 Å². The molecule has 0 saturated carbocycles. The van der Waals surface area contributed by atoms with Crippen LogP contribution in [0.25, 0.3) is 0 Å². The first-order chi connectivity index (χ1) is 15.5. The van der Waals surface area contributed by atoms with E-state index >= 15 is 0 Å². The minimum Gasteiger partial charge on any atom is -0.495 e. The SMILES string of the molecule is COc1ccccc1NC(=O)N1CCC(c2nnc(C(=O)Nc3cccc(F)c3)s2)CC1. The third-order valence-electron chi connectivity index (χ3n) is 5.20. The first-order valence-electron chi connectivity index (χ1n) is 10.1. The molecule has 1 aromatic heterocycles. The number of likely N-dealkylation sites (tertiary alicyclic amines) is 1. The molecule has 2 N–H and O–H groups in total. The minimum atomic E-state index is -0.428. The highest BCUT2D eigenvalue weighted by atomic mass is 32.1. The van der Waals surface area contributed by atoms with Crippen molar-refractivity contribution in [1.82, 2.24) is 15.1 Å². The third-order valence-corrected chi connectivity index (χ3v) is 6.28. The second-order valence-corrected chi connectivity index (χ2v) is 8.31. The van der Waals surface area contributed by atoms with Crippen LogP contribution in [0.5, 0.6) is 5.75 Å². The summed E-state index contributed by atoms with van der Waals surface area (Å²) in [6.45, 7) is 1.13. The molecule has 166 valence electrons. The number of piperidine rings is 1. The first kappa shape index (κ1) is 21.7. The number of amides is 3. The lowest BCUT2D eigenvalue weighted by Gasteiger charge is -2.31. The van der Waals surface area contributed by atoms with Gasteiger partial charge in [0.05, 0.1) is 12.8 Å². The van der Waals surface area contributed by atoms with Crippen molar-refractivity contribution in [2.45, 2.75) is 18.8 Å². The van der Waals surface area contributed by atoms with Gasteiger partial charge in [0.1, 0.15) is 16.6 Å². The number of carbonyl (C=O) groups is 2. The Labute approximate surface area is 188 Å². The van der Waals surface area contributed by atoms with Crippen LogP contribution in [-0.2, 0) is 0 Å². The van der Waals surface area contributed by atoms with E-state index in [0.29, 0.717) is 30.2 Å². The molecule has 1 aliphatic rings. The van der Waals surface area contributed by atoms with Gasteiger partial charge in [0.25, 0.3) is 5.91 Å². The number of carbonyl (C=O) groups excluding carboxylic acids is 2. The standard InChI is InChI=1S/C22H22FN5O3S/c1-31-18-8-3-2-7-17(18)25-22(30)28-11-9-14(10-12-28)20-26-27-21(32-20)19(29)24-16-6-4-5-15(23)13-16/h2-8,13-14H,9-12H2,1H3,(H,24,29)(H,25,30). The van der Waals surface area contributed by atoms with E-state index < -0.39 is 11.7 Å². The Morgan fingerprint density at radius 3 is 2.62 bits per heavy atom. The zero-order valence-corrected chi connectivity index (χ0v) is 18.2. The summed E-state index contributed by atoms with van der Waals surface area (Å²) in [6, 6.07) is 12.8. The molecule has 4 rings (SSSR count). The van der Waals surface area contributed by atoms with Crippen molar-refractivity contribution < 1.29 is 18.7 Å². The number of ether oxygens (including phenoxy) is 1. The molecule has 0 atom stereocenters. The molecule has 10 heteroatoms. The zero-order chi connectivity index (χ0) is 22.5. The number of rotatable bonds is 5. The minimum absolute atomic E-state index is 0.124. The van der Waals surface area contributed by atoms with Crippen LogP contribution in [0.2, 0.25) is 0 Å². The quantitative estimate of drug-likeness (QED) is 0.596. The molecule has 32 heavy (non-hydrogen) atoms. The van der Waals surface area contributed by atoms with E-state index in [0.717, 1.165) is 17.8 Å². The number of nitrogens with one attached hydrogen (secondary N) is 2. The van der Waals surface area contributed by atoms with E-state index in [2.05, 4.69) is 20.8 Å². The smallest absolute Gasteiger partial charge is 0.321 e. The maximum atomic E-state index is 13.3. The lowest BCUT2D eigenvalue weighted by atomic mass is 9.98. The topological polar surface area (TPSA) is 96.4 Å². The van der Waals surface area contributed by atoms with Gasteiger partial charge in [-0.2, -0.15) is 0 Å². The van der Waals surface area contributed by atoms with Gasteiger partial charge in [0, 0.05) is 24.7 Å². The van der Waals surface area contributed by atoms with Crippen molar-refractivity contribution >= 4 is 34.6 Å². The van der Waals surface area contributed by atoms with Crippen molar-refractivity contribution in [2.24, 2.45) is 0 Å². The summed E-state index contributed by atoms with van der Waals surface area (Å²) < 4.78 is 18.6. The van der Waals surface area contributed by atoms with Gasteiger partial charge in [-0.25, -0.2) is 9.18 Å². The van der Waals surface area contributed by atoms with E-state index in [9.17, 15) is 14.0 Å². The van der Waals surface area contributed by atoms with Crippen LogP contribution in [0.15, 0.2) is 48.5 Å². The molecule has 3 amide bonds. The molecule has 1 saturated heterocycles. The highest BCUT2D eigenvalue weighted by Crippen LogP contribution is 2.31. The van der Waals surface area contributed by atoms with Gasteiger partial charge >= 0.3 is 6.03 Å². The van der Waals surface area contributed by atoms with Crippen molar-refractivity contribution in [3.05, 3.63) is 64.4 Å². The van der Waals surface area contributed by atoms with Gasteiger partial charge in [-0.3, -0.25) is 4.79 Å². The molecule has 0 radical (unpaired) electrons. The molecule has 0 aliphatic carbocycles. The molecule has 3 aromatic rings. The Morgan fingerprint density at radius 2 is 1.88 bits per heavy atom. The van der Waals surface area contributed by atoms with Crippen LogP contribution >= 0.6 is 11.3 Å². The Bertz CT molecular complexity index is 1110. The molecule has 1 fully saturated rings. The van der Waals surface area contributed by atoms with Crippen LogP contribution in [0.1, 0.15) is 33.6 Å². The fraction of sp³-hybridized carbons (Fsp3) is 0.273. The lowest BCUT2D eigenvalue weighted by Crippen LogP contribution is -2.40. The maximum absolute atomic E-state index is 13.3. The number of methoxy groups -OCH3 is 1. The van der Waals surface area contributed by atoms with E-state index in [4.69, 9.17) is 4.74 Å². The second-order valence-electron chi connectivity index (χ2n) is 7.30. The number of nitrogens with zero attached hydrogens (tertiary/aromatic N) is 3. The molecular formula is C22H22FN5O3S. The molecule has 0 unspecified atom stereocenters. The van der Waals surface area contributed by atoms with Crippen molar-refractivity contribution in [3.63, 3.8) is 0 Å². The average Bonchev–Trinajstić information content (AvgIpc) is 3.30. The second kappa shape index (κ2) is 9.73. The Morgan fingerprint density at radius 1 is 1.09 bits per heavy atom. The van der Waals surface area contributed by atoms with Gasteiger partial charge in [0.2, 0.25) is 5.01 Å². The van der Waals surface area contributed by atoms with Gasteiger partial charge in [-0.1, -0.05) is 29.5 Å². The molecule has 0 bridgehead atoms. The summed E-state index contributed by atoms with van der Waals surface area (Å²) in [4.78, 5) is 26.8. The zero-order valence-electron chi connectivity index (χ0n) is 17.4. The number of hydrogen-bond acceptors (Lipinski definition) is 6. The molecule has 2 heterocycles. The predicted molar refractivity (Wildman–Crippen MR) is 120 cm³/mol. The monoisotopic (exact) mass is 455 g/mol. The summed E-state index contributed by atoms with van der Waals surface area (Å²) in [5.41, 5.74) is 0.987. The summed E-state index contributed by atoms with van der Waals surface area (Å²) in [5, 5.41) is 14.7. The van der Waals surface area contributed by atoms with Gasteiger partial charge in [0.15, 0.2) is 0 Å². The molecule has 0 spiro atoms. The number of hydrogen-bond donors (Lipinski definition) is 2. The number of urea groups is 1. The van der Waals surface area contributed by atoms with E-state index in [1.54, 1.807) is 30.2 Å². The van der Waals surface area contributed by atoms with Gasteiger partial charge < -0.3 is 20.3 Å². The predicted octanol–water partition coefficient (Wildman–Crippen LogP) is 4.35. The van der Waals surface area contributed by atoms with E-state index in [1.807, 2.05) is 12.1 Å². The Balaban J connectivity index is 1.32. The third kappa shape index (κ3) is 5.02. The summed E-state index contributed by atoms with van der Waals surface area (Å²) in [5.74, 6) is -0.123. The first-order valence-corrected chi connectivity index (χ1v) is 10.9. The Kier molecular flexibility index (Phi) is 6.60. The largest absolute Gasteiger partial charge is 0.495 e. The number of halogens is 1. The number of benzene rings is 2. The number of anilines is 2. The van der Waals surface area contributed by atoms with Crippen molar-refractivity contribution in [1.29, 1.82) is 0 Å². The Hall–Kier alpha value is -3.53. The van der Waals surface area contributed by atoms with Crippen LogP contribution in [-0.4, -0.2) is 47.2 Å². The van der Waals surface area contributed by atoms with Crippen LogP contribution in [0.4, 0.5) is 20.6 Å². The molecule has 1 aliphatic heterocycles. The number of aromatic nitrogens is 2. The highest BCUT2D eigenvalue weighted by Gasteiger charge is 2.27. The van der Waals surface area contributed by atoms with Crippen molar-refractivity contribution in [2.75, 3.05) is 30.8 Å². The lowest BCUT2D eigenvalue weighted by molar-refractivity contribution is 0.102. The number of para-hydroxylation sites is 2. The van der Waals surface area contributed by atoms with Crippen molar-refractivity contribution in [3.8, 4) is 5.75 Å². The summed E-state index contributed by atoms with van der Waals surface area (Å²) in [6.07, 6.45) is 1.44. The average molecular weight is 456 g/mol. The van der Waals surface area contributed by atoms with E-state index in [-0.39, 0.29) is 17.0 Å². The maximum Gasteiger partial charge on any atom is 0.321 e. The molecule has 2 aromatic carbocycles. The summed E-state index contributed by atoms with van der Waals surface area (Å²) in [7, 11) is 1.56. The summed E-state index contributed by atoms with van der Waals surface area (Å²) >= 11 is 1.22. The van der Waals surface area contributed by atoms with Gasteiger partial charge in [-0.15, -0.1) is 10.2 Å². The normalized spacial score (nSPS) is 14.1. The van der Waals surface area contributed by atoms with Crippen LogP contribution < -0.4 is 15.4 Å². The fourth-order valence-electron chi connectivity index (χ4n) is 3.51. The van der Waals surface area contributed by atoms with Gasteiger partial charge in [-0.05, 0) is 43.2 Å². The molecule has 8 nitrogen and oxygen atoms in total. The van der Waals surface area contributed by atoms with Crippen LogP contribution in [0.3, 0.4) is 0 Å². The van der Waals surface area contributed by atoms with Crippen LogP contribution in [0, 0.1) is 5.82 Å². The highest BCUT2D eigenvalue weighted by molar-refractivity contribution is 7.13. The molecular weight excluding hydrogens is 433 g/mol.